The molecule has 31 heavy (non-hydrogen) atoms. The van der Waals surface area contributed by atoms with Crippen LogP contribution in [0.4, 0.5) is 5.13 Å². The lowest BCUT2D eigenvalue weighted by atomic mass is 10.1. The summed E-state index contributed by atoms with van der Waals surface area (Å²) in [5.74, 6) is 0.714. The third-order valence-corrected chi connectivity index (χ3v) is 6.81. The van der Waals surface area contributed by atoms with Gasteiger partial charge in [-0.1, -0.05) is 34.6 Å². The van der Waals surface area contributed by atoms with Gasteiger partial charge in [-0.15, -0.1) is 0 Å². The molecule has 1 fully saturated rings. The molecule has 0 spiro atoms. The van der Waals surface area contributed by atoms with Crippen molar-refractivity contribution in [2.24, 2.45) is 0 Å². The average Bonchev–Trinajstić information content (AvgIpc) is 3.20. The zero-order valence-electron chi connectivity index (χ0n) is 18.6. The van der Waals surface area contributed by atoms with Crippen molar-refractivity contribution < 1.29 is 14.3 Å². The Kier molecular flexibility index (Phi) is 6.55. The molecule has 1 aliphatic rings. The highest BCUT2D eigenvalue weighted by Crippen LogP contribution is 2.36. The molecule has 6 nitrogen and oxygen atoms in total. The van der Waals surface area contributed by atoms with Gasteiger partial charge in [0, 0.05) is 31.7 Å². The molecule has 1 aliphatic heterocycles. The highest BCUT2D eigenvalue weighted by molar-refractivity contribution is 7.22. The first-order valence-corrected chi connectivity index (χ1v) is 11.4. The number of thiazole rings is 1. The van der Waals surface area contributed by atoms with Crippen LogP contribution < -0.4 is 9.64 Å². The van der Waals surface area contributed by atoms with Crippen LogP contribution in [0.15, 0.2) is 30.3 Å². The van der Waals surface area contributed by atoms with Crippen molar-refractivity contribution in [1.29, 1.82) is 0 Å². The summed E-state index contributed by atoms with van der Waals surface area (Å²) in [6.07, 6.45) is 0. The Hall–Kier alpha value is -2.48. The van der Waals surface area contributed by atoms with Crippen LogP contribution in [0.1, 0.15) is 27.0 Å². The summed E-state index contributed by atoms with van der Waals surface area (Å²) in [7, 11) is 1.65. The Bertz CT molecular complexity index is 1070. The lowest BCUT2D eigenvalue weighted by molar-refractivity contribution is 0.0391. The van der Waals surface area contributed by atoms with Crippen LogP contribution in [-0.2, 0) is 4.74 Å². The number of anilines is 1. The molecule has 1 aromatic heterocycles. The molecule has 2 aromatic carbocycles. The van der Waals surface area contributed by atoms with Crippen LogP contribution >= 0.6 is 11.3 Å². The Morgan fingerprint density at radius 1 is 1.16 bits per heavy atom. The Morgan fingerprint density at radius 2 is 1.87 bits per heavy atom. The van der Waals surface area contributed by atoms with E-state index in [2.05, 4.69) is 17.9 Å². The number of aryl methyl sites for hydroxylation is 3. The van der Waals surface area contributed by atoms with Gasteiger partial charge in [-0.3, -0.25) is 14.6 Å². The molecule has 3 aromatic rings. The molecule has 1 saturated heterocycles. The van der Waals surface area contributed by atoms with E-state index in [0.29, 0.717) is 17.2 Å². The zero-order valence-corrected chi connectivity index (χ0v) is 19.4. The van der Waals surface area contributed by atoms with Crippen LogP contribution in [0, 0.1) is 20.8 Å². The predicted octanol–water partition coefficient (Wildman–Crippen LogP) is 4.21. The topological polar surface area (TPSA) is 54.9 Å². The maximum Gasteiger partial charge on any atom is 0.260 e. The highest BCUT2D eigenvalue weighted by atomic mass is 32.1. The number of aromatic nitrogens is 1. The second kappa shape index (κ2) is 9.34. The van der Waals surface area contributed by atoms with Crippen molar-refractivity contribution >= 4 is 32.6 Å². The first kappa shape index (κ1) is 21.7. The molecular formula is C24H29N3O3S. The monoisotopic (exact) mass is 439 g/mol. The number of fused-ring (bicyclic) bond motifs is 1. The maximum atomic E-state index is 13.7. The number of nitrogens with zero attached hydrogens (tertiary/aromatic N) is 3. The summed E-state index contributed by atoms with van der Waals surface area (Å²) in [4.78, 5) is 22.7. The molecule has 0 N–H and O–H groups in total. The molecular weight excluding hydrogens is 410 g/mol. The number of carbonyl (C=O) groups excluding carboxylic acids is 1. The fourth-order valence-corrected chi connectivity index (χ4v) is 5.06. The molecule has 0 unspecified atom stereocenters. The third-order valence-electron chi connectivity index (χ3n) is 5.60. The van der Waals surface area contributed by atoms with Crippen LogP contribution in [0.25, 0.3) is 10.2 Å². The number of methoxy groups -OCH3 is 1. The molecule has 1 amide bonds. The van der Waals surface area contributed by atoms with Crippen molar-refractivity contribution in [2.45, 2.75) is 20.8 Å². The summed E-state index contributed by atoms with van der Waals surface area (Å²) in [6, 6.07) is 9.96. The van der Waals surface area contributed by atoms with Crippen molar-refractivity contribution in [3.63, 3.8) is 0 Å². The Labute approximate surface area is 187 Å². The standard InChI is InChI=1S/C24H29N3O3S/c1-16-13-17(2)15-19(14-16)23(28)27(8-7-26-9-11-30-12-10-26)24-25-21-20(29-4)6-5-18(3)22(21)31-24/h5-6,13-15H,7-12H2,1-4H3. The smallest absolute Gasteiger partial charge is 0.260 e. The summed E-state index contributed by atoms with van der Waals surface area (Å²) < 4.78 is 12.0. The van der Waals surface area contributed by atoms with Gasteiger partial charge >= 0.3 is 0 Å². The van der Waals surface area contributed by atoms with E-state index in [-0.39, 0.29) is 5.91 Å². The fraction of sp³-hybridized carbons (Fsp3) is 0.417. The van der Waals surface area contributed by atoms with Gasteiger partial charge in [0.1, 0.15) is 11.3 Å². The minimum atomic E-state index is -0.0178. The van der Waals surface area contributed by atoms with E-state index < -0.39 is 0 Å². The molecule has 0 radical (unpaired) electrons. The quantitative estimate of drug-likeness (QED) is 0.576. The number of morpholine rings is 1. The number of ether oxygens (including phenoxy) is 2. The van der Waals surface area contributed by atoms with E-state index in [9.17, 15) is 4.79 Å². The molecule has 164 valence electrons. The molecule has 0 saturated carbocycles. The summed E-state index contributed by atoms with van der Waals surface area (Å²) in [5.41, 5.74) is 4.80. The number of rotatable bonds is 6. The van der Waals surface area contributed by atoms with Crippen LogP contribution in [0.3, 0.4) is 0 Å². The van der Waals surface area contributed by atoms with Crippen LogP contribution in [0.2, 0.25) is 0 Å². The van der Waals surface area contributed by atoms with Gasteiger partial charge < -0.3 is 9.47 Å². The van der Waals surface area contributed by atoms with Gasteiger partial charge in [0.2, 0.25) is 0 Å². The van der Waals surface area contributed by atoms with E-state index in [4.69, 9.17) is 14.5 Å². The van der Waals surface area contributed by atoms with E-state index in [0.717, 1.165) is 65.5 Å². The van der Waals surface area contributed by atoms with Crippen LogP contribution in [-0.4, -0.2) is 62.3 Å². The highest BCUT2D eigenvalue weighted by Gasteiger charge is 2.24. The summed E-state index contributed by atoms with van der Waals surface area (Å²) in [6.45, 7) is 10.7. The lowest BCUT2D eigenvalue weighted by Crippen LogP contribution is -2.43. The molecule has 0 aliphatic carbocycles. The second-order valence-corrected chi connectivity index (χ2v) is 9.02. The van der Waals surface area contributed by atoms with Gasteiger partial charge in [-0.05, 0) is 44.5 Å². The van der Waals surface area contributed by atoms with Gasteiger partial charge in [0.15, 0.2) is 5.13 Å². The second-order valence-electron chi connectivity index (χ2n) is 8.05. The van der Waals surface area contributed by atoms with Gasteiger partial charge in [-0.25, -0.2) is 4.98 Å². The van der Waals surface area contributed by atoms with E-state index in [1.807, 2.05) is 43.0 Å². The predicted molar refractivity (Wildman–Crippen MR) is 126 cm³/mol. The van der Waals surface area contributed by atoms with Gasteiger partial charge in [0.25, 0.3) is 5.91 Å². The minimum Gasteiger partial charge on any atom is -0.494 e. The molecule has 4 rings (SSSR count). The van der Waals surface area contributed by atoms with E-state index in [1.54, 1.807) is 18.4 Å². The number of hydrogen-bond donors (Lipinski definition) is 0. The lowest BCUT2D eigenvalue weighted by Gasteiger charge is -2.29. The largest absolute Gasteiger partial charge is 0.494 e. The maximum absolute atomic E-state index is 13.7. The average molecular weight is 440 g/mol. The summed E-state index contributed by atoms with van der Waals surface area (Å²) in [5, 5.41) is 0.708. The van der Waals surface area contributed by atoms with Gasteiger partial charge in [-0.2, -0.15) is 0 Å². The molecule has 7 heteroatoms. The first-order chi connectivity index (χ1) is 15.0. The Balaban J connectivity index is 1.71. The normalized spacial score (nSPS) is 14.7. The van der Waals surface area contributed by atoms with Crippen molar-refractivity contribution in [3.8, 4) is 5.75 Å². The van der Waals surface area contributed by atoms with Gasteiger partial charge in [0.05, 0.1) is 25.0 Å². The van der Waals surface area contributed by atoms with Crippen molar-refractivity contribution in [3.05, 3.63) is 52.6 Å². The van der Waals surface area contributed by atoms with Crippen molar-refractivity contribution in [2.75, 3.05) is 51.4 Å². The molecule has 0 bridgehead atoms. The zero-order chi connectivity index (χ0) is 22.0. The molecule has 2 heterocycles. The Morgan fingerprint density at radius 3 is 2.55 bits per heavy atom. The summed E-state index contributed by atoms with van der Waals surface area (Å²) >= 11 is 1.55. The van der Waals surface area contributed by atoms with Crippen LogP contribution in [0.5, 0.6) is 5.75 Å². The number of hydrogen-bond acceptors (Lipinski definition) is 6. The minimum absolute atomic E-state index is 0.0178. The van der Waals surface area contributed by atoms with E-state index in [1.165, 1.54) is 0 Å². The number of benzene rings is 2. The SMILES string of the molecule is COc1ccc(C)c2sc(N(CCN3CCOCC3)C(=O)c3cc(C)cc(C)c3)nc12. The first-order valence-electron chi connectivity index (χ1n) is 10.6. The number of carbonyl (C=O) groups is 1. The fourth-order valence-electron chi connectivity index (χ4n) is 3.98. The molecule has 0 atom stereocenters. The van der Waals surface area contributed by atoms with Crippen molar-refractivity contribution in [1.82, 2.24) is 9.88 Å². The van der Waals surface area contributed by atoms with E-state index >= 15 is 0 Å². The number of amides is 1. The third kappa shape index (κ3) is 4.74.